The molecule has 1 amide bonds. The number of likely N-dealkylation sites (N-methyl/N-ethyl adjacent to an activating group) is 1. The number of ether oxygens (including phenoxy) is 1. The molecule has 2 aliphatic rings. The van der Waals surface area contributed by atoms with Crippen molar-refractivity contribution in [2.24, 2.45) is 0 Å². The molecule has 9 nitrogen and oxygen atoms in total. The zero-order valence-electron chi connectivity index (χ0n) is 18.7. The topological polar surface area (TPSA) is 118 Å². The van der Waals surface area contributed by atoms with Crippen LogP contribution >= 0.6 is 0 Å². The lowest BCUT2D eigenvalue weighted by Gasteiger charge is -2.22. The number of rotatable bonds is 7. The highest BCUT2D eigenvalue weighted by Gasteiger charge is 2.32. The highest BCUT2D eigenvalue weighted by molar-refractivity contribution is 7.91. The number of nitrogens with zero attached hydrogens (tertiary/aromatic N) is 2. The van der Waals surface area contributed by atoms with Gasteiger partial charge in [0.25, 0.3) is 5.91 Å². The number of benzene rings is 1. The summed E-state index contributed by atoms with van der Waals surface area (Å²) in [5, 5.41) is 0. The molecule has 0 aliphatic carbocycles. The Morgan fingerprint density at radius 2 is 1.76 bits per heavy atom. The number of sulfone groups is 1. The minimum atomic E-state index is -3.54. The van der Waals surface area contributed by atoms with Crippen LogP contribution in [0.4, 0.5) is 0 Å². The summed E-state index contributed by atoms with van der Waals surface area (Å²) in [6.07, 6.45) is 6.81. The molecular weight excluding hydrogens is 468 g/mol. The molecule has 2 heterocycles. The number of carbonyl (C=O) groups is 2. The summed E-state index contributed by atoms with van der Waals surface area (Å²) in [6.45, 7) is 0.573. The molecular formula is C22H30N2O7S2. The van der Waals surface area contributed by atoms with Gasteiger partial charge in [-0.05, 0) is 43.0 Å². The summed E-state index contributed by atoms with van der Waals surface area (Å²) in [6, 6.07) is 5.83. The molecule has 0 bridgehead atoms. The number of amides is 1. The van der Waals surface area contributed by atoms with E-state index in [1.165, 1.54) is 34.5 Å². The lowest BCUT2D eigenvalue weighted by atomic mass is 10.2. The Balaban J connectivity index is 1.51. The normalized spacial score (nSPS) is 21.5. The molecule has 11 heteroatoms. The highest BCUT2D eigenvalue weighted by Crippen LogP contribution is 2.21. The maximum absolute atomic E-state index is 12.8. The molecule has 3 rings (SSSR count). The fourth-order valence-electron chi connectivity index (χ4n) is 3.91. The van der Waals surface area contributed by atoms with Crippen LogP contribution in [0.1, 0.15) is 37.7 Å². The molecule has 1 aromatic rings. The van der Waals surface area contributed by atoms with E-state index >= 15 is 0 Å². The highest BCUT2D eigenvalue weighted by atomic mass is 32.2. The van der Waals surface area contributed by atoms with Crippen molar-refractivity contribution in [3.05, 3.63) is 35.9 Å². The molecule has 182 valence electrons. The minimum Gasteiger partial charge on any atom is -0.452 e. The molecule has 2 fully saturated rings. The van der Waals surface area contributed by atoms with Crippen LogP contribution in [0.25, 0.3) is 6.08 Å². The lowest BCUT2D eigenvalue weighted by molar-refractivity contribution is -0.148. The van der Waals surface area contributed by atoms with Crippen molar-refractivity contribution in [3.63, 3.8) is 0 Å². The van der Waals surface area contributed by atoms with E-state index in [0.29, 0.717) is 25.1 Å². The lowest BCUT2D eigenvalue weighted by Crippen LogP contribution is -2.40. The van der Waals surface area contributed by atoms with Gasteiger partial charge in [0.2, 0.25) is 10.0 Å². The van der Waals surface area contributed by atoms with E-state index in [2.05, 4.69) is 0 Å². The van der Waals surface area contributed by atoms with E-state index in [0.717, 1.165) is 31.8 Å². The summed E-state index contributed by atoms with van der Waals surface area (Å²) < 4.78 is 55.2. The molecule has 1 atom stereocenters. The van der Waals surface area contributed by atoms with E-state index in [1.807, 2.05) is 0 Å². The van der Waals surface area contributed by atoms with Gasteiger partial charge in [-0.15, -0.1) is 0 Å². The molecule has 2 aliphatic heterocycles. The van der Waals surface area contributed by atoms with Gasteiger partial charge in [0.1, 0.15) is 0 Å². The SMILES string of the molecule is CN(C(=O)COC(=O)/C=C/c1ccc(S(=O)(=O)N2CCCCCC2)cc1)C1CCS(=O)(=O)C1. The van der Waals surface area contributed by atoms with Gasteiger partial charge in [-0.3, -0.25) is 4.79 Å². The molecule has 0 N–H and O–H groups in total. The number of carbonyl (C=O) groups excluding carboxylic acids is 2. The Morgan fingerprint density at radius 3 is 2.33 bits per heavy atom. The predicted molar refractivity (Wildman–Crippen MR) is 123 cm³/mol. The minimum absolute atomic E-state index is 0.0515. The van der Waals surface area contributed by atoms with Crippen LogP contribution < -0.4 is 0 Å². The number of hydrogen-bond acceptors (Lipinski definition) is 7. The Hall–Kier alpha value is -2.24. The quantitative estimate of drug-likeness (QED) is 0.412. The second kappa shape index (κ2) is 10.8. The van der Waals surface area contributed by atoms with Crippen molar-refractivity contribution < 1.29 is 31.2 Å². The standard InChI is InChI=1S/C22H30N2O7S2/c1-23(19-12-15-32(27,28)17-19)21(25)16-31-22(26)11-8-18-6-9-20(10-7-18)33(29,30)24-13-4-2-3-5-14-24/h6-11,19H,2-5,12-17H2,1H3/b11-8+. The second-order valence-electron chi connectivity index (χ2n) is 8.39. The molecule has 1 aromatic carbocycles. The third-order valence-corrected chi connectivity index (χ3v) is 9.65. The zero-order valence-corrected chi connectivity index (χ0v) is 20.3. The molecule has 33 heavy (non-hydrogen) atoms. The van der Waals surface area contributed by atoms with Crippen molar-refractivity contribution in [3.8, 4) is 0 Å². The summed E-state index contributed by atoms with van der Waals surface area (Å²) in [7, 11) is -5.16. The molecule has 0 radical (unpaired) electrons. The zero-order chi connectivity index (χ0) is 24.1. The van der Waals surface area contributed by atoms with Crippen LogP contribution in [-0.4, -0.2) is 82.2 Å². The van der Waals surface area contributed by atoms with Gasteiger partial charge >= 0.3 is 5.97 Å². The van der Waals surface area contributed by atoms with Crippen LogP contribution in [-0.2, 0) is 34.2 Å². The van der Waals surface area contributed by atoms with E-state index in [4.69, 9.17) is 4.74 Å². The predicted octanol–water partition coefficient (Wildman–Crippen LogP) is 1.45. The Kier molecular flexibility index (Phi) is 8.30. The van der Waals surface area contributed by atoms with Crippen LogP contribution in [0, 0.1) is 0 Å². The molecule has 2 saturated heterocycles. The Bertz CT molecular complexity index is 1090. The third-order valence-electron chi connectivity index (χ3n) is 5.98. The third kappa shape index (κ3) is 6.87. The first-order valence-electron chi connectivity index (χ1n) is 11.0. The van der Waals surface area contributed by atoms with Crippen molar-refractivity contribution in [2.75, 3.05) is 38.2 Å². The van der Waals surface area contributed by atoms with Crippen LogP contribution in [0.2, 0.25) is 0 Å². The molecule has 1 unspecified atom stereocenters. The van der Waals surface area contributed by atoms with Gasteiger partial charge < -0.3 is 9.64 Å². The fraction of sp³-hybridized carbons (Fsp3) is 0.545. The van der Waals surface area contributed by atoms with E-state index in [-0.39, 0.29) is 16.4 Å². The van der Waals surface area contributed by atoms with Gasteiger partial charge in [0.15, 0.2) is 16.4 Å². The monoisotopic (exact) mass is 498 g/mol. The van der Waals surface area contributed by atoms with E-state index in [9.17, 15) is 26.4 Å². The number of sulfonamides is 1. The van der Waals surface area contributed by atoms with Gasteiger partial charge in [-0.1, -0.05) is 25.0 Å². The summed E-state index contributed by atoms with van der Waals surface area (Å²) in [5.41, 5.74) is 0.612. The van der Waals surface area contributed by atoms with Gasteiger partial charge in [0, 0.05) is 32.3 Å². The average molecular weight is 499 g/mol. The first-order chi connectivity index (χ1) is 15.6. The van der Waals surface area contributed by atoms with Gasteiger partial charge in [0.05, 0.1) is 16.4 Å². The van der Waals surface area contributed by atoms with Crippen molar-refractivity contribution in [1.29, 1.82) is 0 Å². The summed E-state index contributed by atoms with van der Waals surface area (Å²) in [4.78, 5) is 25.7. The molecule has 0 spiro atoms. The Labute approximate surface area is 195 Å². The van der Waals surface area contributed by atoms with Crippen LogP contribution in [0.3, 0.4) is 0 Å². The van der Waals surface area contributed by atoms with Crippen molar-refractivity contribution in [2.45, 2.75) is 43.0 Å². The molecule has 0 saturated carbocycles. The summed E-state index contributed by atoms with van der Waals surface area (Å²) >= 11 is 0. The second-order valence-corrected chi connectivity index (χ2v) is 12.6. The number of esters is 1. The van der Waals surface area contributed by atoms with Crippen LogP contribution in [0.15, 0.2) is 35.2 Å². The first-order valence-corrected chi connectivity index (χ1v) is 14.3. The average Bonchev–Trinajstić information content (AvgIpc) is 2.98. The maximum Gasteiger partial charge on any atom is 0.331 e. The maximum atomic E-state index is 12.8. The Morgan fingerprint density at radius 1 is 1.12 bits per heavy atom. The van der Waals surface area contributed by atoms with Crippen LogP contribution in [0.5, 0.6) is 0 Å². The largest absolute Gasteiger partial charge is 0.452 e. The molecule has 0 aromatic heterocycles. The number of hydrogen-bond donors (Lipinski definition) is 0. The van der Waals surface area contributed by atoms with Gasteiger partial charge in [-0.2, -0.15) is 4.31 Å². The first kappa shape index (κ1) is 25.4. The van der Waals surface area contributed by atoms with Crippen molar-refractivity contribution >= 4 is 37.8 Å². The summed E-state index contributed by atoms with van der Waals surface area (Å²) in [5.74, 6) is -1.22. The fourth-order valence-corrected chi connectivity index (χ4v) is 7.20. The van der Waals surface area contributed by atoms with E-state index < -0.39 is 44.4 Å². The van der Waals surface area contributed by atoms with Crippen molar-refractivity contribution in [1.82, 2.24) is 9.21 Å². The smallest absolute Gasteiger partial charge is 0.331 e. The van der Waals surface area contributed by atoms with E-state index in [1.54, 1.807) is 12.1 Å². The van der Waals surface area contributed by atoms with Gasteiger partial charge in [-0.25, -0.2) is 21.6 Å².